The van der Waals surface area contributed by atoms with Crippen LogP contribution in [0.3, 0.4) is 0 Å². The third-order valence-corrected chi connectivity index (χ3v) is 2.67. The van der Waals surface area contributed by atoms with Gasteiger partial charge in [-0.05, 0) is 39.4 Å². The van der Waals surface area contributed by atoms with E-state index in [4.69, 9.17) is 0 Å². The summed E-state index contributed by atoms with van der Waals surface area (Å²) in [6, 6.07) is 0. The summed E-state index contributed by atoms with van der Waals surface area (Å²) in [5, 5.41) is 9.70. The Balaban J connectivity index is 3.53. The summed E-state index contributed by atoms with van der Waals surface area (Å²) in [7, 11) is 4.09. The molecule has 13 heavy (non-hydrogen) atoms. The Labute approximate surface area is 82.9 Å². The normalized spacial score (nSPS) is 14.1. The van der Waals surface area contributed by atoms with E-state index in [0.29, 0.717) is 5.92 Å². The average Bonchev–Trinajstić information content (AvgIpc) is 2.10. The van der Waals surface area contributed by atoms with Gasteiger partial charge in [0.1, 0.15) is 0 Å². The van der Waals surface area contributed by atoms with Crippen LogP contribution in [0.5, 0.6) is 0 Å². The van der Waals surface area contributed by atoms with Crippen molar-refractivity contribution in [2.24, 2.45) is 5.92 Å². The van der Waals surface area contributed by atoms with Crippen LogP contribution in [0.25, 0.3) is 0 Å². The minimum absolute atomic E-state index is 0.104. The smallest absolute Gasteiger partial charge is 0.0555 e. The summed E-state index contributed by atoms with van der Waals surface area (Å²) in [4.78, 5) is 2.12. The number of hydrogen-bond acceptors (Lipinski definition) is 2. The van der Waals surface area contributed by atoms with Gasteiger partial charge < -0.3 is 10.0 Å². The molecule has 0 spiro atoms. The third kappa shape index (κ3) is 7.03. The van der Waals surface area contributed by atoms with E-state index in [9.17, 15) is 5.11 Å². The lowest BCUT2D eigenvalue weighted by atomic mass is 9.95. The summed E-state index contributed by atoms with van der Waals surface area (Å²) >= 11 is 0. The Morgan fingerprint density at radius 3 is 2.08 bits per heavy atom. The molecule has 0 radical (unpaired) electrons. The zero-order chi connectivity index (χ0) is 10.3. The highest BCUT2D eigenvalue weighted by Crippen LogP contribution is 2.16. The Morgan fingerprint density at radius 2 is 1.69 bits per heavy atom. The van der Waals surface area contributed by atoms with Gasteiger partial charge in [-0.3, -0.25) is 0 Å². The van der Waals surface area contributed by atoms with Gasteiger partial charge in [-0.15, -0.1) is 0 Å². The van der Waals surface area contributed by atoms with Gasteiger partial charge in [0.15, 0.2) is 0 Å². The van der Waals surface area contributed by atoms with Crippen molar-refractivity contribution in [2.45, 2.75) is 45.6 Å². The molecule has 0 rings (SSSR count). The molecule has 0 aromatic heterocycles. The van der Waals surface area contributed by atoms with Crippen molar-refractivity contribution < 1.29 is 5.11 Å². The van der Waals surface area contributed by atoms with Crippen LogP contribution in [0.4, 0.5) is 0 Å². The van der Waals surface area contributed by atoms with E-state index >= 15 is 0 Å². The lowest BCUT2D eigenvalue weighted by Gasteiger charge is -2.18. The van der Waals surface area contributed by atoms with Crippen molar-refractivity contribution in [2.75, 3.05) is 20.6 Å². The summed E-state index contributed by atoms with van der Waals surface area (Å²) in [5.41, 5.74) is 0. The molecule has 0 fully saturated rings. The van der Waals surface area contributed by atoms with Gasteiger partial charge in [-0.25, -0.2) is 0 Å². The molecule has 1 atom stereocenters. The number of nitrogens with zero attached hydrogens (tertiary/aromatic N) is 1. The van der Waals surface area contributed by atoms with E-state index in [-0.39, 0.29) is 6.10 Å². The molecule has 2 heteroatoms. The lowest BCUT2D eigenvalue weighted by molar-refractivity contribution is 0.121. The number of aliphatic hydroxyl groups excluding tert-OH is 1. The van der Waals surface area contributed by atoms with Crippen molar-refractivity contribution in [1.29, 1.82) is 0 Å². The molecule has 1 N–H and O–H groups in total. The van der Waals surface area contributed by atoms with Gasteiger partial charge in [-0.2, -0.15) is 0 Å². The van der Waals surface area contributed by atoms with Crippen LogP contribution in [-0.4, -0.2) is 36.8 Å². The quantitative estimate of drug-likeness (QED) is 0.660. The molecule has 0 bridgehead atoms. The molecule has 0 saturated heterocycles. The summed E-state index contributed by atoms with van der Waals surface area (Å²) in [6.07, 6.45) is 4.15. The molecule has 0 amide bonds. The van der Waals surface area contributed by atoms with Crippen LogP contribution in [0.2, 0.25) is 0 Å². The maximum absolute atomic E-state index is 9.70. The lowest BCUT2D eigenvalue weighted by Crippen LogP contribution is -2.21. The standard InChI is InChI=1S/C11H25NO/c1-5-10(6-2)9-11(13)7-8-12(3)4/h10-11,13H,5-9H2,1-4H3. The molecule has 0 aliphatic carbocycles. The van der Waals surface area contributed by atoms with Crippen molar-refractivity contribution in [3.8, 4) is 0 Å². The second kappa shape index (κ2) is 7.34. The summed E-state index contributed by atoms with van der Waals surface area (Å²) in [5.74, 6) is 0.706. The van der Waals surface area contributed by atoms with E-state index in [1.165, 1.54) is 12.8 Å². The molecule has 0 aromatic rings. The molecular formula is C11H25NO. The Morgan fingerprint density at radius 1 is 1.15 bits per heavy atom. The maximum atomic E-state index is 9.70. The van der Waals surface area contributed by atoms with Gasteiger partial charge in [0.2, 0.25) is 0 Å². The van der Waals surface area contributed by atoms with Crippen molar-refractivity contribution in [1.82, 2.24) is 4.90 Å². The molecule has 0 aliphatic rings. The SMILES string of the molecule is CCC(CC)CC(O)CCN(C)C. The number of hydrogen-bond donors (Lipinski definition) is 1. The van der Waals surface area contributed by atoms with E-state index in [2.05, 4.69) is 18.7 Å². The Bertz CT molecular complexity index is 111. The van der Waals surface area contributed by atoms with Gasteiger partial charge in [0.05, 0.1) is 6.10 Å². The van der Waals surface area contributed by atoms with Crippen LogP contribution in [0, 0.1) is 5.92 Å². The highest BCUT2D eigenvalue weighted by atomic mass is 16.3. The van der Waals surface area contributed by atoms with Crippen LogP contribution in [0.1, 0.15) is 39.5 Å². The molecule has 0 heterocycles. The van der Waals surface area contributed by atoms with Gasteiger partial charge in [-0.1, -0.05) is 26.7 Å². The topological polar surface area (TPSA) is 23.5 Å². The van der Waals surface area contributed by atoms with E-state index in [1.807, 2.05) is 14.1 Å². The summed E-state index contributed by atoms with van der Waals surface area (Å²) < 4.78 is 0. The van der Waals surface area contributed by atoms with Crippen LogP contribution in [-0.2, 0) is 0 Å². The van der Waals surface area contributed by atoms with Gasteiger partial charge >= 0.3 is 0 Å². The molecule has 80 valence electrons. The van der Waals surface area contributed by atoms with E-state index in [1.54, 1.807) is 0 Å². The van der Waals surface area contributed by atoms with Crippen LogP contribution in [0.15, 0.2) is 0 Å². The fraction of sp³-hybridized carbons (Fsp3) is 1.00. The first-order chi connectivity index (χ1) is 6.10. The predicted octanol–water partition coefficient (Wildman–Crippen LogP) is 2.13. The zero-order valence-corrected chi connectivity index (χ0v) is 9.58. The number of aliphatic hydroxyl groups is 1. The fourth-order valence-corrected chi connectivity index (χ4v) is 1.53. The maximum Gasteiger partial charge on any atom is 0.0555 e. The fourth-order valence-electron chi connectivity index (χ4n) is 1.53. The molecular weight excluding hydrogens is 162 g/mol. The van der Waals surface area contributed by atoms with Crippen LogP contribution < -0.4 is 0 Å². The first-order valence-electron chi connectivity index (χ1n) is 5.42. The minimum atomic E-state index is -0.104. The highest BCUT2D eigenvalue weighted by Gasteiger charge is 2.11. The van der Waals surface area contributed by atoms with Crippen molar-refractivity contribution in [3.63, 3.8) is 0 Å². The minimum Gasteiger partial charge on any atom is -0.393 e. The van der Waals surface area contributed by atoms with E-state index in [0.717, 1.165) is 19.4 Å². The zero-order valence-electron chi connectivity index (χ0n) is 9.58. The molecule has 1 unspecified atom stereocenters. The van der Waals surface area contributed by atoms with E-state index < -0.39 is 0 Å². The first kappa shape index (κ1) is 12.9. The van der Waals surface area contributed by atoms with Crippen molar-refractivity contribution >= 4 is 0 Å². The Hall–Kier alpha value is -0.0800. The predicted molar refractivity (Wildman–Crippen MR) is 57.9 cm³/mol. The van der Waals surface area contributed by atoms with Crippen LogP contribution >= 0.6 is 0 Å². The second-order valence-electron chi connectivity index (χ2n) is 4.16. The summed E-state index contributed by atoms with van der Waals surface area (Å²) in [6.45, 7) is 5.39. The molecule has 2 nitrogen and oxygen atoms in total. The molecule has 0 aliphatic heterocycles. The number of rotatable bonds is 7. The largest absolute Gasteiger partial charge is 0.393 e. The molecule has 0 aromatic carbocycles. The second-order valence-corrected chi connectivity index (χ2v) is 4.16. The Kier molecular flexibility index (Phi) is 7.29. The van der Waals surface area contributed by atoms with Gasteiger partial charge in [0, 0.05) is 0 Å². The highest BCUT2D eigenvalue weighted by molar-refractivity contribution is 4.64. The monoisotopic (exact) mass is 187 g/mol. The van der Waals surface area contributed by atoms with Gasteiger partial charge in [0.25, 0.3) is 0 Å². The molecule has 0 saturated carbocycles. The first-order valence-corrected chi connectivity index (χ1v) is 5.42. The average molecular weight is 187 g/mol. The van der Waals surface area contributed by atoms with Crippen molar-refractivity contribution in [3.05, 3.63) is 0 Å². The third-order valence-electron chi connectivity index (χ3n) is 2.67.